The molecule has 0 amide bonds. The standard InChI is InChI=1S/C18H23N7O/c1-6-12(2)25-8-14(13-7-19-9-22-18(13)26-5)15-16(23-11-24(3)4)20-10-21-17(15)25/h7-12H,6H2,1-5H3. The highest BCUT2D eigenvalue weighted by atomic mass is 16.5. The predicted octanol–water partition coefficient (Wildman–Crippen LogP) is 3.09. The lowest BCUT2D eigenvalue weighted by Crippen LogP contribution is -2.07. The van der Waals surface area contributed by atoms with Crippen LogP contribution in [0.1, 0.15) is 26.3 Å². The number of hydrogen-bond donors (Lipinski definition) is 0. The second kappa shape index (κ2) is 7.47. The van der Waals surface area contributed by atoms with Crippen molar-refractivity contribution in [3.05, 3.63) is 25.0 Å². The SMILES string of the molecule is CCC(C)n1cc(-c2cncnc2OC)c2c(N=CN(C)C)ncnc21. The van der Waals surface area contributed by atoms with Gasteiger partial charge >= 0.3 is 0 Å². The summed E-state index contributed by atoms with van der Waals surface area (Å²) in [6.07, 6.45) is 9.53. The molecule has 26 heavy (non-hydrogen) atoms. The van der Waals surface area contributed by atoms with E-state index in [-0.39, 0.29) is 6.04 Å². The van der Waals surface area contributed by atoms with Gasteiger partial charge in [-0.05, 0) is 13.3 Å². The number of aliphatic imine (C=N–C) groups is 1. The zero-order valence-electron chi connectivity index (χ0n) is 15.7. The molecule has 3 heterocycles. The number of ether oxygens (including phenoxy) is 1. The van der Waals surface area contributed by atoms with Crippen molar-refractivity contribution in [2.24, 2.45) is 4.99 Å². The first kappa shape index (κ1) is 17.8. The molecule has 3 aromatic rings. The molecule has 136 valence electrons. The van der Waals surface area contributed by atoms with E-state index < -0.39 is 0 Å². The summed E-state index contributed by atoms with van der Waals surface area (Å²) in [6.45, 7) is 4.31. The lowest BCUT2D eigenvalue weighted by atomic mass is 10.1. The van der Waals surface area contributed by atoms with Crippen molar-refractivity contribution in [2.45, 2.75) is 26.3 Å². The third kappa shape index (κ3) is 3.22. The summed E-state index contributed by atoms with van der Waals surface area (Å²) >= 11 is 0. The highest BCUT2D eigenvalue weighted by Crippen LogP contribution is 2.39. The van der Waals surface area contributed by atoms with Crippen LogP contribution in [-0.4, -0.2) is 56.9 Å². The molecule has 0 aromatic carbocycles. The molecule has 0 spiro atoms. The fraction of sp³-hybridized carbons (Fsp3) is 0.389. The van der Waals surface area contributed by atoms with E-state index in [0.29, 0.717) is 11.7 Å². The van der Waals surface area contributed by atoms with Gasteiger partial charge in [-0.25, -0.2) is 24.9 Å². The first-order chi connectivity index (χ1) is 12.6. The third-order valence-corrected chi connectivity index (χ3v) is 4.23. The summed E-state index contributed by atoms with van der Waals surface area (Å²) in [6, 6.07) is 0.280. The van der Waals surface area contributed by atoms with Gasteiger partial charge in [-0.3, -0.25) is 0 Å². The molecule has 3 aromatic heterocycles. The van der Waals surface area contributed by atoms with E-state index >= 15 is 0 Å². The second-order valence-corrected chi connectivity index (χ2v) is 6.26. The van der Waals surface area contributed by atoms with E-state index in [4.69, 9.17) is 4.74 Å². The first-order valence-corrected chi connectivity index (χ1v) is 8.47. The molecule has 0 aliphatic carbocycles. The molecule has 1 atom stereocenters. The molecule has 0 aliphatic rings. The van der Waals surface area contributed by atoms with Crippen molar-refractivity contribution in [3.8, 4) is 17.0 Å². The zero-order valence-corrected chi connectivity index (χ0v) is 15.7. The highest BCUT2D eigenvalue weighted by molar-refractivity contribution is 6.01. The predicted molar refractivity (Wildman–Crippen MR) is 102 cm³/mol. The van der Waals surface area contributed by atoms with Crippen molar-refractivity contribution in [1.29, 1.82) is 0 Å². The molecular formula is C18H23N7O. The summed E-state index contributed by atoms with van der Waals surface area (Å²) in [5.41, 5.74) is 2.53. The van der Waals surface area contributed by atoms with Crippen molar-refractivity contribution in [1.82, 2.24) is 29.4 Å². The molecule has 3 rings (SSSR count). The van der Waals surface area contributed by atoms with Crippen molar-refractivity contribution < 1.29 is 4.74 Å². The minimum absolute atomic E-state index is 0.280. The van der Waals surface area contributed by atoms with Crippen LogP contribution in [0.2, 0.25) is 0 Å². The van der Waals surface area contributed by atoms with Gasteiger partial charge < -0.3 is 14.2 Å². The minimum atomic E-state index is 0.280. The topological polar surface area (TPSA) is 81.3 Å². The smallest absolute Gasteiger partial charge is 0.224 e. The van der Waals surface area contributed by atoms with Gasteiger partial charge in [-0.1, -0.05) is 6.92 Å². The number of nitrogens with zero attached hydrogens (tertiary/aromatic N) is 7. The molecule has 1 unspecified atom stereocenters. The van der Waals surface area contributed by atoms with Gasteiger partial charge in [0, 0.05) is 38.1 Å². The van der Waals surface area contributed by atoms with Gasteiger partial charge in [-0.15, -0.1) is 0 Å². The Morgan fingerprint density at radius 2 is 2.04 bits per heavy atom. The normalized spacial score (nSPS) is 12.7. The van der Waals surface area contributed by atoms with Crippen LogP contribution in [-0.2, 0) is 0 Å². The van der Waals surface area contributed by atoms with Crippen molar-refractivity contribution in [3.63, 3.8) is 0 Å². The summed E-state index contributed by atoms with van der Waals surface area (Å²) in [5.74, 6) is 1.11. The van der Waals surface area contributed by atoms with Gasteiger partial charge in [0.05, 0.1) is 24.4 Å². The van der Waals surface area contributed by atoms with Crippen molar-refractivity contribution >= 4 is 23.2 Å². The van der Waals surface area contributed by atoms with E-state index in [1.807, 2.05) is 19.0 Å². The monoisotopic (exact) mass is 353 g/mol. The van der Waals surface area contributed by atoms with Crippen LogP contribution in [0.5, 0.6) is 5.88 Å². The van der Waals surface area contributed by atoms with Gasteiger partial charge in [0.15, 0.2) is 5.82 Å². The molecule has 0 bridgehead atoms. The second-order valence-electron chi connectivity index (χ2n) is 6.26. The third-order valence-electron chi connectivity index (χ3n) is 4.23. The zero-order chi connectivity index (χ0) is 18.7. The highest BCUT2D eigenvalue weighted by Gasteiger charge is 2.21. The molecule has 0 fully saturated rings. The number of rotatable bonds is 6. The van der Waals surface area contributed by atoms with Crippen LogP contribution in [0, 0.1) is 0 Å². The Bertz CT molecular complexity index is 932. The Morgan fingerprint density at radius 3 is 2.73 bits per heavy atom. The lowest BCUT2D eigenvalue weighted by Gasteiger charge is -2.11. The van der Waals surface area contributed by atoms with E-state index in [2.05, 4.69) is 49.5 Å². The maximum absolute atomic E-state index is 5.43. The van der Waals surface area contributed by atoms with Crippen LogP contribution < -0.4 is 4.74 Å². The van der Waals surface area contributed by atoms with Crippen LogP contribution >= 0.6 is 0 Å². The molecule has 0 radical (unpaired) electrons. The molecule has 0 saturated carbocycles. The molecule has 0 saturated heterocycles. The number of hydrogen-bond acceptors (Lipinski definition) is 6. The Balaban J connectivity index is 2.33. The van der Waals surface area contributed by atoms with E-state index in [1.54, 1.807) is 26.0 Å². The van der Waals surface area contributed by atoms with E-state index in [1.165, 1.54) is 6.33 Å². The largest absolute Gasteiger partial charge is 0.480 e. The van der Waals surface area contributed by atoms with Crippen LogP contribution in [0.3, 0.4) is 0 Å². The lowest BCUT2D eigenvalue weighted by molar-refractivity contribution is 0.398. The van der Waals surface area contributed by atoms with E-state index in [0.717, 1.165) is 28.6 Å². The number of aromatic nitrogens is 5. The average molecular weight is 353 g/mol. The van der Waals surface area contributed by atoms with Crippen LogP contribution in [0.25, 0.3) is 22.2 Å². The molecule has 0 aliphatic heterocycles. The van der Waals surface area contributed by atoms with Gasteiger partial charge in [-0.2, -0.15) is 0 Å². The first-order valence-electron chi connectivity index (χ1n) is 8.47. The molecule has 8 heteroatoms. The van der Waals surface area contributed by atoms with Gasteiger partial charge in [0.25, 0.3) is 0 Å². The Morgan fingerprint density at radius 1 is 1.23 bits per heavy atom. The summed E-state index contributed by atoms with van der Waals surface area (Å²) in [7, 11) is 5.43. The number of methoxy groups -OCH3 is 1. The quantitative estimate of drug-likeness (QED) is 0.500. The fourth-order valence-corrected chi connectivity index (χ4v) is 2.74. The Kier molecular flexibility index (Phi) is 5.11. The summed E-state index contributed by atoms with van der Waals surface area (Å²) in [4.78, 5) is 23.7. The maximum atomic E-state index is 5.43. The Labute approximate surface area is 152 Å². The van der Waals surface area contributed by atoms with Gasteiger partial charge in [0.2, 0.25) is 5.88 Å². The summed E-state index contributed by atoms with van der Waals surface area (Å²) < 4.78 is 7.58. The molecule has 0 N–H and O–H groups in total. The number of fused-ring (bicyclic) bond motifs is 1. The van der Waals surface area contributed by atoms with Gasteiger partial charge in [0.1, 0.15) is 18.3 Å². The summed E-state index contributed by atoms with van der Waals surface area (Å²) in [5, 5.41) is 0.860. The molecular weight excluding hydrogens is 330 g/mol. The average Bonchev–Trinajstić information content (AvgIpc) is 3.05. The fourth-order valence-electron chi connectivity index (χ4n) is 2.74. The van der Waals surface area contributed by atoms with Crippen LogP contribution in [0.15, 0.2) is 30.0 Å². The van der Waals surface area contributed by atoms with E-state index in [9.17, 15) is 0 Å². The van der Waals surface area contributed by atoms with Crippen molar-refractivity contribution in [2.75, 3.05) is 21.2 Å². The molecule has 8 nitrogen and oxygen atoms in total. The van der Waals surface area contributed by atoms with Crippen LogP contribution in [0.4, 0.5) is 5.82 Å². The Hall–Kier alpha value is -3.03. The minimum Gasteiger partial charge on any atom is -0.480 e. The maximum Gasteiger partial charge on any atom is 0.224 e.